The van der Waals surface area contributed by atoms with Gasteiger partial charge in [0.15, 0.2) is 0 Å². The van der Waals surface area contributed by atoms with E-state index in [9.17, 15) is 4.79 Å². The van der Waals surface area contributed by atoms with Crippen molar-refractivity contribution in [2.45, 2.75) is 19.3 Å². The van der Waals surface area contributed by atoms with Gasteiger partial charge in [0.2, 0.25) is 5.91 Å². The van der Waals surface area contributed by atoms with Crippen LogP contribution in [-0.2, 0) is 4.79 Å². The molecule has 3 N–H and O–H groups in total. The number of aromatic nitrogens is 1. The molecule has 1 aliphatic heterocycles. The van der Waals surface area contributed by atoms with Crippen LogP contribution in [0.3, 0.4) is 0 Å². The van der Waals surface area contributed by atoms with Crippen molar-refractivity contribution in [3.05, 3.63) is 30.5 Å². The maximum atomic E-state index is 11.9. The Kier molecular flexibility index (Phi) is 3.51. The summed E-state index contributed by atoms with van der Waals surface area (Å²) in [5, 5.41) is 7.43. The molecular formula is C15H19N3O. The van der Waals surface area contributed by atoms with Crippen LogP contribution >= 0.6 is 0 Å². The fraction of sp³-hybridized carbons (Fsp3) is 0.400. The molecule has 1 aliphatic rings. The molecule has 0 saturated carbocycles. The van der Waals surface area contributed by atoms with Gasteiger partial charge in [0.25, 0.3) is 0 Å². The Morgan fingerprint density at radius 2 is 2.32 bits per heavy atom. The molecule has 1 saturated heterocycles. The van der Waals surface area contributed by atoms with E-state index in [0.717, 1.165) is 36.1 Å². The van der Waals surface area contributed by atoms with Crippen molar-refractivity contribution in [2.24, 2.45) is 5.92 Å². The number of hydrogen-bond donors (Lipinski definition) is 3. The summed E-state index contributed by atoms with van der Waals surface area (Å²) in [6.45, 7) is 2.15. The number of benzene rings is 1. The van der Waals surface area contributed by atoms with E-state index in [2.05, 4.69) is 15.6 Å². The van der Waals surface area contributed by atoms with Gasteiger partial charge in [0.05, 0.1) is 0 Å². The molecule has 1 unspecified atom stereocenters. The predicted molar refractivity (Wildman–Crippen MR) is 77.1 cm³/mol. The van der Waals surface area contributed by atoms with Gasteiger partial charge in [-0.05, 0) is 56.1 Å². The van der Waals surface area contributed by atoms with E-state index in [1.54, 1.807) is 0 Å². The lowest BCUT2D eigenvalue weighted by Gasteiger charge is -2.08. The molecule has 2 heterocycles. The minimum atomic E-state index is 0.113. The van der Waals surface area contributed by atoms with Crippen LogP contribution in [0.2, 0.25) is 0 Å². The number of nitrogens with one attached hydrogen (secondary N) is 3. The van der Waals surface area contributed by atoms with E-state index in [4.69, 9.17) is 0 Å². The highest BCUT2D eigenvalue weighted by Crippen LogP contribution is 2.19. The monoisotopic (exact) mass is 257 g/mol. The van der Waals surface area contributed by atoms with Crippen molar-refractivity contribution in [3.8, 4) is 0 Å². The molecule has 1 aromatic carbocycles. The quantitative estimate of drug-likeness (QED) is 0.788. The lowest BCUT2D eigenvalue weighted by atomic mass is 10.0. The molecule has 1 atom stereocenters. The van der Waals surface area contributed by atoms with Gasteiger partial charge in [0, 0.05) is 29.2 Å². The lowest BCUT2D eigenvalue weighted by molar-refractivity contribution is -0.116. The normalized spacial score (nSPS) is 18.8. The zero-order valence-corrected chi connectivity index (χ0v) is 10.9. The van der Waals surface area contributed by atoms with Gasteiger partial charge in [-0.3, -0.25) is 4.79 Å². The number of carbonyl (C=O) groups is 1. The summed E-state index contributed by atoms with van der Waals surface area (Å²) in [6, 6.07) is 7.94. The first-order valence-corrected chi connectivity index (χ1v) is 6.89. The standard InChI is InChI=1S/C15H19N3O/c19-15(4-1-11-5-7-16-10-11)18-13-2-3-14-12(9-13)6-8-17-14/h2-3,6,8-9,11,16-17H,1,4-5,7,10H2,(H,18,19). The van der Waals surface area contributed by atoms with Crippen molar-refractivity contribution in [3.63, 3.8) is 0 Å². The number of fused-ring (bicyclic) bond motifs is 1. The molecule has 2 aromatic rings. The molecule has 0 bridgehead atoms. The number of hydrogen-bond acceptors (Lipinski definition) is 2. The molecule has 100 valence electrons. The van der Waals surface area contributed by atoms with Crippen LogP contribution in [0.25, 0.3) is 10.9 Å². The number of rotatable bonds is 4. The Hall–Kier alpha value is -1.81. The van der Waals surface area contributed by atoms with E-state index in [-0.39, 0.29) is 5.91 Å². The molecule has 1 amide bonds. The maximum Gasteiger partial charge on any atom is 0.224 e. The van der Waals surface area contributed by atoms with Gasteiger partial charge in [-0.1, -0.05) is 0 Å². The van der Waals surface area contributed by atoms with E-state index in [1.807, 2.05) is 30.5 Å². The molecule has 1 aromatic heterocycles. The Bertz CT molecular complexity index is 570. The molecule has 0 radical (unpaired) electrons. The Labute approximate surface area is 112 Å². The largest absolute Gasteiger partial charge is 0.361 e. The topological polar surface area (TPSA) is 56.9 Å². The summed E-state index contributed by atoms with van der Waals surface area (Å²) in [6.07, 6.45) is 4.69. The van der Waals surface area contributed by atoms with Crippen LogP contribution in [-0.4, -0.2) is 24.0 Å². The molecule has 0 aliphatic carbocycles. The average molecular weight is 257 g/mol. The van der Waals surface area contributed by atoms with E-state index in [0.29, 0.717) is 12.3 Å². The second-order valence-corrected chi connectivity index (χ2v) is 5.23. The zero-order chi connectivity index (χ0) is 13.1. The van der Waals surface area contributed by atoms with Crippen molar-refractivity contribution in [1.29, 1.82) is 0 Å². The summed E-state index contributed by atoms with van der Waals surface area (Å²) in [5.41, 5.74) is 1.97. The van der Waals surface area contributed by atoms with Crippen molar-refractivity contribution in [1.82, 2.24) is 10.3 Å². The Morgan fingerprint density at radius 3 is 3.16 bits per heavy atom. The predicted octanol–water partition coefficient (Wildman–Crippen LogP) is 2.50. The van der Waals surface area contributed by atoms with Gasteiger partial charge < -0.3 is 15.6 Å². The molecular weight excluding hydrogens is 238 g/mol. The van der Waals surface area contributed by atoms with Gasteiger partial charge in [0.1, 0.15) is 0 Å². The fourth-order valence-corrected chi connectivity index (χ4v) is 2.65. The van der Waals surface area contributed by atoms with Gasteiger partial charge in [-0.2, -0.15) is 0 Å². The van der Waals surface area contributed by atoms with Crippen LogP contribution in [0.4, 0.5) is 5.69 Å². The molecule has 4 heteroatoms. The van der Waals surface area contributed by atoms with Gasteiger partial charge >= 0.3 is 0 Å². The van der Waals surface area contributed by atoms with Crippen molar-refractivity contribution < 1.29 is 4.79 Å². The second kappa shape index (κ2) is 5.45. The summed E-state index contributed by atoms with van der Waals surface area (Å²) < 4.78 is 0. The van der Waals surface area contributed by atoms with Crippen LogP contribution in [0.5, 0.6) is 0 Å². The first kappa shape index (κ1) is 12.2. The summed E-state index contributed by atoms with van der Waals surface area (Å²) in [4.78, 5) is 15.0. The third-order valence-corrected chi connectivity index (χ3v) is 3.78. The average Bonchev–Trinajstić information content (AvgIpc) is 3.07. The summed E-state index contributed by atoms with van der Waals surface area (Å²) >= 11 is 0. The highest BCUT2D eigenvalue weighted by Gasteiger charge is 2.15. The number of amides is 1. The molecule has 4 nitrogen and oxygen atoms in total. The van der Waals surface area contributed by atoms with Crippen LogP contribution in [0.1, 0.15) is 19.3 Å². The lowest BCUT2D eigenvalue weighted by Crippen LogP contribution is -2.14. The SMILES string of the molecule is O=C(CCC1CCNC1)Nc1ccc2[nH]ccc2c1. The smallest absolute Gasteiger partial charge is 0.224 e. The minimum Gasteiger partial charge on any atom is -0.361 e. The first-order valence-electron chi connectivity index (χ1n) is 6.89. The van der Waals surface area contributed by atoms with Crippen molar-refractivity contribution in [2.75, 3.05) is 18.4 Å². The maximum absolute atomic E-state index is 11.9. The first-order chi connectivity index (χ1) is 9.31. The van der Waals surface area contributed by atoms with Gasteiger partial charge in [-0.25, -0.2) is 0 Å². The van der Waals surface area contributed by atoms with Crippen molar-refractivity contribution >= 4 is 22.5 Å². The molecule has 3 rings (SSSR count). The third-order valence-electron chi connectivity index (χ3n) is 3.78. The second-order valence-electron chi connectivity index (χ2n) is 5.23. The van der Waals surface area contributed by atoms with Crippen LogP contribution in [0, 0.1) is 5.92 Å². The zero-order valence-electron chi connectivity index (χ0n) is 10.9. The minimum absolute atomic E-state index is 0.113. The fourth-order valence-electron chi connectivity index (χ4n) is 2.65. The van der Waals surface area contributed by atoms with E-state index >= 15 is 0 Å². The number of H-pyrrole nitrogens is 1. The molecule has 0 spiro atoms. The third kappa shape index (κ3) is 2.96. The summed E-state index contributed by atoms with van der Waals surface area (Å²) in [5.74, 6) is 0.777. The highest BCUT2D eigenvalue weighted by atomic mass is 16.1. The number of carbonyl (C=O) groups excluding carboxylic acids is 1. The number of anilines is 1. The van der Waals surface area contributed by atoms with E-state index < -0.39 is 0 Å². The Morgan fingerprint density at radius 1 is 1.37 bits per heavy atom. The Balaban J connectivity index is 1.55. The number of aromatic amines is 1. The highest BCUT2D eigenvalue weighted by molar-refractivity contribution is 5.93. The van der Waals surface area contributed by atoms with Crippen LogP contribution < -0.4 is 10.6 Å². The molecule has 1 fully saturated rings. The van der Waals surface area contributed by atoms with Gasteiger partial charge in [-0.15, -0.1) is 0 Å². The van der Waals surface area contributed by atoms with E-state index in [1.165, 1.54) is 6.42 Å². The molecule has 19 heavy (non-hydrogen) atoms. The van der Waals surface area contributed by atoms with Crippen LogP contribution in [0.15, 0.2) is 30.5 Å². The summed E-state index contributed by atoms with van der Waals surface area (Å²) in [7, 11) is 0.